The standard InChI is InChI=1S/C28H24N6O2.ClH/c1-33-25-13-12-23(16-24(25)31-27(33)18-30-21-9-7-19(17-29)8-10-21)34-26(20-5-3-2-4-6-20)15-22(32-34)11-14-28(35)36;/h2-10,12-13,15-16,30H,11,14,18H2,1H3,(H,35,36);1H. The van der Waals surface area contributed by atoms with Crippen molar-refractivity contribution in [1.29, 1.82) is 5.26 Å². The molecule has 5 rings (SSSR count). The van der Waals surface area contributed by atoms with E-state index in [2.05, 4.69) is 16.0 Å². The number of benzene rings is 3. The number of carbonyl (C=O) groups is 1. The molecule has 2 aromatic heterocycles. The molecule has 9 heteroatoms. The number of carboxylic acid groups (broad SMARTS) is 1. The number of aromatic nitrogens is 4. The lowest BCUT2D eigenvalue weighted by atomic mass is 10.1. The summed E-state index contributed by atoms with van der Waals surface area (Å²) in [6, 6.07) is 27.4. The van der Waals surface area contributed by atoms with Crippen molar-refractivity contribution in [3.63, 3.8) is 0 Å². The molecule has 0 aliphatic rings. The molecule has 0 amide bonds. The first-order chi connectivity index (χ1) is 17.5. The first kappa shape index (κ1) is 25.5. The van der Waals surface area contributed by atoms with Crippen molar-refractivity contribution in [2.24, 2.45) is 7.05 Å². The molecule has 5 aromatic rings. The average molecular weight is 513 g/mol. The Morgan fingerprint density at radius 3 is 2.51 bits per heavy atom. The number of nitrogens with one attached hydrogen (secondary N) is 1. The molecule has 8 nitrogen and oxygen atoms in total. The summed E-state index contributed by atoms with van der Waals surface area (Å²) in [6.07, 6.45) is 0.388. The van der Waals surface area contributed by atoms with E-state index in [1.165, 1.54) is 0 Å². The third kappa shape index (κ3) is 5.47. The molecule has 0 saturated heterocycles. The summed E-state index contributed by atoms with van der Waals surface area (Å²) >= 11 is 0. The number of aliphatic carboxylic acids is 1. The largest absolute Gasteiger partial charge is 0.481 e. The van der Waals surface area contributed by atoms with E-state index >= 15 is 0 Å². The number of nitriles is 1. The number of hydrogen-bond acceptors (Lipinski definition) is 5. The monoisotopic (exact) mass is 512 g/mol. The van der Waals surface area contributed by atoms with Crippen LogP contribution >= 0.6 is 12.4 Å². The highest BCUT2D eigenvalue weighted by atomic mass is 35.5. The van der Waals surface area contributed by atoms with E-state index in [-0.39, 0.29) is 18.8 Å². The van der Waals surface area contributed by atoms with Crippen LogP contribution in [0.3, 0.4) is 0 Å². The summed E-state index contributed by atoms with van der Waals surface area (Å²) < 4.78 is 3.91. The number of hydrogen-bond donors (Lipinski definition) is 2. The molecule has 0 spiro atoms. The molecule has 186 valence electrons. The van der Waals surface area contributed by atoms with Crippen LogP contribution in [0.2, 0.25) is 0 Å². The fourth-order valence-corrected chi connectivity index (χ4v) is 4.17. The van der Waals surface area contributed by atoms with E-state index in [1.807, 2.05) is 78.5 Å². The summed E-state index contributed by atoms with van der Waals surface area (Å²) in [5.74, 6) is 0.0280. The number of carboxylic acids is 1. The Balaban J connectivity index is 0.00000320. The molecular formula is C28H25ClN6O2. The number of imidazole rings is 1. The Hall–Kier alpha value is -4.61. The van der Waals surface area contributed by atoms with Crippen LogP contribution in [-0.4, -0.2) is 30.4 Å². The third-order valence-electron chi connectivity index (χ3n) is 6.09. The second-order valence-electron chi connectivity index (χ2n) is 8.50. The molecule has 2 N–H and O–H groups in total. The Bertz CT molecular complexity index is 1580. The van der Waals surface area contributed by atoms with Crippen LogP contribution in [0.5, 0.6) is 0 Å². The summed E-state index contributed by atoms with van der Waals surface area (Å²) in [5, 5.41) is 26.2. The molecule has 37 heavy (non-hydrogen) atoms. The van der Waals surface area contributed by atoms with E-state index in [0.29, 0.717) is 18.5 Å². The van der Waals surface area contributed by atoms with Gasteiger partial charge in [-0.1, -0.05) is 30.3 Å². The van der Waals surface area contributed by atoms with E-state index in [4.69, 9.17) is 20.5 Å². The maximum Gasteiger partial charge on any atom is 0.303 e. The average Bonchev–Trinajstić information content (AvgIpc) is 3.48. The van der Waals surface area contributed by atoms with Gasteiger partial charge in [-0.25, -0.2) is 9.67 Å². The topological polar surface area (TPSA) is 109 Å². The molecule has 0 atom stereocenters. The van der Waals surface area contributed by atoms with E-state index in [1.54, 1.807) is 12.1 Å². The summed E-state index contributed by atoms with van der Waals surface area (Å²) in [5.41, 5.74) is 6.85. The number of aryl methyl sites for hydroxylation is 2. The minimum Gasteiger partial charge on any atom is -0.481 e. The minimum atomic E-state index is -0.845. The zero-order valence-electron chi connectivity index (χ0n) is 20.1. The van der Waals surface area contributed by atoms with Gasteiger partial charge in [-0.3, -0.25) is 4.79 Å². The number of anilines is 1. The van der Waals surface area contributed by atoms with Gasteiger partial charge in [-0.05, 0) is 48.5 Å². The van der Waals surface area contributed by atoms with Gasteiger partial charge in [0.1, 0.15) is 5.82 Å². The van der Waals surface area contributed by atoms with Gasteiger partial charge >= 0.3 is 5.97 Å². The maximum atomic E-state index is 11.1. The zero-order valence-corrected chi connectivity index (χ0v) is 20.9. The highest BCUT2D eigenvalue weighted by molar-refractivity contribution is 5.85. The van der Waals surface area contributed by atoms with E-state index in [9.17, 15) is 4.79 Å². The molecule has 0 aliphatic carbocycles. The van der Waals surface area contributed by atoms with Crippen molar-refractivity contribution in [2.45, 2.75) is 19.4 Å². The highest BCUT2D eigenvalue weighted by Crippen LogP contribution is 2.27. The molecule has 0 unspecified atom stereocenters. The van der Waals surface area contributed by atoms with Crippen LogP contribution in [0.25, 0.3) is 28.0 Å². The Labute approximate surface area is 220 Å². The van der Waals surface area contributed by atoms with Crippen molar-refractivity contribution in [2.75, 3.05) is 5.32 Å². The van der Waals surface area contributed by atoms with Crippen molar-refractivity contribution in [3.8, 4) is 23.0 Å². The Kier molecular flexibility index (Phi) is 7.56. The van der Waals surface area contributed by atoms with Crippen LogP contribution < -0.4 is 5.32 Å². The molecule has 3 aromatic carbocycles. The van der Waals surface area contributed by atoms with Crippen molar-refractivity contribution in [1.82, 2.24) is 19.3 Å². The van der Waals surface area contributed by atoms with Crippen molar-refractivity contribution < 1.29 is 9.90 Å². The predicted molar refractivity (Wildman–Crippen MR) is 145 cm³/mol. The number of fused-ring (bicyclic) bond motifs is 1. The third-order valence-corrected chi connectivity index (χ3v) is 6.09. The molecule has 0 fully saturated rings. The van der Waals surface area contributed by atoms with Crippen molar-refractivity contribution >= 4 is 35.1 Å². The molecule has 0 aliphatic heterocycles. The lowest BCUT2D eigenvalue weighted by Crippen LogP contribution is -2.05. The highest BCUT2D eigenvalue weighted by Gasteiger charge is 2.15. The van der Waals surface area contributed by atoms with Crippen LogP contribution in [0, 0.1) is 11.3 Å². The molecule has 0 bridgehead atoms. The summed E-state index contributed by atoms with van der Waals surface area (Å²) in [6.45, 7) is 0.531. The van der Waals surface area contributed by atoms with Gasteiger partial charge in [0, 0.05) is 24.7 Å². The number of rotatable bonds is 8. The predicted octanol–water partition coefficient (Wildman–Crippen LogP) is 5.35. The lowest BCUT2D eigenvalue weighted by molar-refractivity contribution is -0.136. The second kappa shape index (κ2) is 11.0. The van der Waals surface area contributed by atoms with Crippen LogP contribution in [-0.2, 0) is 24.8 Å². The number of nitrogens with zero attached hydrogens (tertiary/aromatic N) is 5. The summed E-state index contributed by atoms with van der Waals surface area (Å²) in [4.78, 5) is 15.9. The normalized spacial score (nSPS) is 10.6. The SMILES string of the molecule is Cl.Cn1c(CNc2ccc(C#N)cc2)nc2cc(-n3nc(CCC(=O)O)cc3-c3ccccc3)ccc21. The number of halogens is 1. The second-order valence-corrected chi connectivity index (χ2v) is 8.50. The van der Waals surface area contributed by atoms with E-state index in [0.717, 1.165) is 45.2 Å². The zero-order chi connectivity index (χ0) is 25.1. The van der Waals surface area contributed by atoms with Gasteiger partial charge in [0.05, 0.1) is 52.7 Å². The van der Waals surface area contributed by atoms with Gasteiger partial charge in [-0.2, -0.15) is 10.4 Å². The smallest absolute Gasteiger partial charge is 0.303 e. The van der Waals surface area contributed by atoms with Gasteiger partial charge < -0.3 is 15.0 Å². The van der Waals surface area contributed by atoms with Gasteiger partial charge in [0.2, 0.25) is 0 Å². The lowest BCUT2D eigenvalue weighted by Gasteiger charge is -2.08. The van der Waals surface area contributed by atoms with Gasteiger partial charge in [0.25, 0.3) is 0 Å². The van der Waals surface area contributed by atoms with Crippen LogP contribution in [0.1, 0.15) is 23.5 Å². The molecule has 0 radical (unpaired) electrons. The Morgan fingerprint density at radius 1 is 1.05 bits per heavy atom. The molecule has 0 saturated carbocycles. The fourth-order valence-electron chi connectivity index (χ4n) is 4.17. The minimum absolute atomic E-state index is 0. The fraction of sp³-hybridized carbons (Fsp3) is 0.143. The quantitative estimate of drug-likeness (QED) is 0.290. The molecular weight excluding hydrogens is 488 g/mol. The Morgan fingerprint density at radius 2 is 1.81 bits per heavy atom. The molecule has 2 heterocycles. The summed E-state index contributed by atoms with van der Waals surface area (Å²) in [7, 11) is 1.98. The first-order valence-electron chi connectivity index (χ1n) is 11.6. The van der Waals surface area contributed by atoms with Gasteiger partial charge in [0.15, 0.2) is 0 Å². The maximum absolute atomic E-state index is 11.1. The first-order valence-corrected chi connectivity index (χ1v) is 11.6. The van der Waals surface area contributed by atoms with Gasteiger partial charge in [-0.15, -0.1) is 12.4 Å². The van der Waals surface area contributed by atoms with Crippen molar-refractivity contribution in [3.05, 3.63) is 95.9 Å². The van der Waals surface area contributed by atoms with Crippen LogP contribution in [0.4, 0.5) is 5.69 Å². The van der Waals surface area contributed by atoms with E-state index < -0.39 is 5.97 Å². The van der Waals surface area contributed by atoms with Crippen LogP contribution in [0.15, 0.2) is 78.9 Å².